The third-order valence-corrected chi connectivity index (χ3v) is 4.39. The SMILES string of the molecule is COc1c(CC2CCCNC2)cc(Br)c(C=O)c1OC. The zero-order chi connectivity index (χ0) is 14.5. The fourth-order valence-corrected chi connectivity index (χ4v) is 3.32. The number of rotatable bonds is 5. The normalized spacial score (nSPS) is 18.6. The second-order valence-electron chi connectivity index (χ2n) is 5.03. The van der Waals surface area contributed by atoms with Gasteiger partial charge in [0.25, 0.3) is 0 Å². The summed E-state index contributed by atoms with van der Waals surface area (Å²) >= 11 is 3.44. The smallest absolute Gasteiger partial charge is 0.172 e. The highest BCUT2D eigenvalue weighted by Gasteiger charge is 2.21. The number of nitrogens with one attached hydrogen (secondary N) is 1. The third-order valence-electron chi connectivity index (χ3n) is 3.73. The van der Waals surface area contributed by atoms with Crippen LogP contribution < -0.4 is 14.8 Å². The van der Waals surface area contributed by atoms with E-state index in [-0.39, 0.29) is 0 Å². The predicted molar refractivity (Wildman–Crippen MR) is 81.9 cm³/mol. The highest BCUT2D eigenvalue weighted by atomic mass is 79.9. The Morgan fingerprint density at radius 2 is 2.15 bits per heavy atom. The van der Waals surface area contributed by atoms with Crippen LogP contribution in [0.1, 0.15) is 28.8 Å². The zero-order valence-corrected chi connectivity index (χ0v) is 13.5. The first-order valence-corrected chi connectivity index (χ1v) is 7.59. The summed E-state index contributed by atoms with van der Waals surface area (Å²) in [5.41, 5.74) is 1.57. The number of hydrogen-bond donors (Lipinski definition) is 1. The van der Waals surface area contributed by atoms with Gasteiger partial charge in [-0.15, -0.1) is 0 Å². The van der Waals surface area contributed by atoms with Crippen LogP contribution in [0.3, 0.4) is 0 Å². The Morgan fingerprint density at radius 1 is 1.40 bits per heavy atom. The van der Waals surface area contributed by atoms with Gasteiger partial charge in [0, 0.05) is 4.47 Å². The number of methoxy groups -OCH3 is 2. The number of piperidine rings is 1. The van der Waals surface area contributed by atoms with Crippen LogP contribution in [0.25, 0.3) is 0 Å². The highest BCUT2D eigenvalue weighted by Crippen LogP contribution is 2.40. The molecule has 20 heavy (non-hydrogen) atoms. The molecule has 4 nitrogen and oxygen atoms in total. The van der Waals surface area contributed by atoms with Crippen molar-refractivity contribution in [1.82, 2.24) is 5.32 Å². The molecule has 0 aromatic heterocycles. The second-order valence-corrected chi connectivity index (χ2v) is 5.89. The fourth-order valence-electron chi connectivity index (χ4n) is 2.77. The van der Waals surface area contributed by atoms with Crippen molar-refractivity contribution in [2.45, 2.75) is 19.3 Å². The minimum atomic E-state index is 0.495. The number of aldehydes is 1. The summed E-state index contributed by atoms with van der Waals surface area (Å²) in [5.74, 6) is 1.77. The number of carbonyl (C=O) groups excluding carboxylic acids is 1. The van der Waals surface area contributed by atoms with Gasteiger partial charge in [0.05, 0.1) is 19.8 Å². The van der Waals surface area contributed by atoms with Gasteiger partial charge in [0.2, 0.25) is 0 Å². The molecule has 110 valence electrons. The van der Waals surface area contributed by atoms with Crippen molar-refractivity contribution in [2.24, 2.45) is 5.92 Å². The first-order valence-electron chi connectivity index (χ1n) is 6.80. The fraction of sp³-hybridized carbons (Fsp3) is 0.533. The molecule has 1 N–H and O–H groups in total. The van der Waals surface area contributed by atoms with Gasteiger partial charge in [0.1, 0.15) is 0 Å². The van der Waals surface area contributed by atoms with Crippen LogP contribution in [0.4, 0.5) is 0 Å². The van der Waals surface area contributed by atoms with Gasteiger partial charge in [-0.3, -0.25) is 4.79 Å². The molecule has 1 atom stereocenters. The van der Waals surface area contributed by atoms with Crippen molar-refractivity contribution in [2.75, 3.05) is 27.3 Å². The van der Waals surface area contributed by atoms with Crippen LogP contribution in [-0.4, -0.2) is 33.6 Å². The molecule has 1 saturated heterocycles. The number of hydrogen-bond acceptors (Lipinski definition) is 4. The van der Waals surface area contributed by atoms with Gasteiger partial charge < -0.3 is 14.8 Å². The maximum atomic E-state index is 11.2. The van der Waals surface area contributed by atoms with E-state index in [1.807, 2.05) is 6.07 Å². The van der Waals surface area contributed by atoms with Gasteiger partial charge in [0.15, 0.2) is 17.8 Å². The number of carbonyl (C=O) groups is 1. The van der Waals surface area contributed by atoms with Crippen LogP contribution >= 0.6 is 15.9 Å². The van der Waals surface area contributed by atoms with Gasteiger partial charge in [-0.05, 0) is 65.8 Å². The van der Waals surface area contributed by atoms with Crippen LogP contribution in [0.5, 0.6) is 11.5 Å². The molecule has 2 rings (SSSR count). The Kier molecular flexibility index (Phi) is 5.43. The number of halogens is 1. The Labute approximate surface area is 128 Å². The van der Waals surface area contributed by atoms with Crippen LogP contribution in [0, 0.1) is 5.92 Å². The molecule has 1 heterocycles. The molecule has 1 fully saturated rings. The van der Waals surface area contributed by atoms with E-state index < -0.39 is 0 Å². The van der Waals surface area contributed by atoms with Gasteiger partial charge in [-0.1, -0.05) is 0 Å². The van der Waals surface area contributed by atoms with E-state index in [9.17, 15) is 4.79 Å². The topological polar surface area (TPSA) is 47.6 Å². The standard InChI is InChI=1S/C15H20BrNO3/c1-19-14-11(6-10-4-3-5-17-8-10)7-13(16)12(9-18)15(14)20-2/h7,9-10,17H,3-6,8H2,1-2H3. The Hall–Kier alpha value is -1.07. The molecule has 0 amide bonds. The first-order chi connectivity index (χ1) is 9.71. The van der Waals surface area contributed by atoms with Crippen molar-refractivity contribution in [3.8, 4) is 11.5 Å². The molecule has 1 unspecified atom stereocenters. The van der Waals surface area contributed by atoms with Crippen LogP contribution in [0.15, 0.2) is 10.5 Å². The van der Waals surface area contributed by atoms with Crippen molar-refractivity contribution in [3.63, 3.8) is 0 Å². The lowest BCUT2D eigenvalue weighted by Crippen LogP contribution is -2.30. The van der Waals surface area contributed by atoms with E-state index in [0.29, 0.717) is 23.0 Å². The molecule has 0 saturated carbocycles. The van der Waals surface area contributed by atoms with E-state index in [1.54, 1.807) is 14.2 Å². The largest absolute Gasteiger partial charge is 0.493 e. The first kappa shape index (κ1) is 15.3. The van der Waals surface area contributed by atoms with E-state index in [0.717, 1.165) is 35.8 Å². The number of benzene rings is 1. The van der Waals surface area contributed by atoms with E-state index in [4.69, 9.17) is 9.47 Å². The van der Waals surface area contributed by atoms with Gasteiger partial charge in [-0.25, -0.2) is 0 Å². The predicted octanol–water partition coefficient (Wildman–Crippen LogP) is 2.82. The molecule has 5 heteroatoms. The lowest BCUT2D eigenvalue weighted by molar-refractivity contribution is 0.111. The Morgan fingerprint density at radius 3 is 2.70 bits per heavy atom. The Balaban J connectivity index is 2.36. The maximum absolute atomic E-state index is 11.2. The summed E-state index contributed by atoms with van der Waals surface area (Å²) in [7, 11) is 3.17. The molecular weight excluding hydrogens is 322 g/mol. The summed E-state index contributed by atoms with van der Waals surface area (Å²) in [6, 6.07) is 1.97. The maximum Gasteiger partial charge on any atom is 0.172 e. The molecule has 1 aromatic rings. The summed E-state index contributed by atoms with van der Waals surface area (Å²) in [6.07, 6.45) is 4.13. The summed E-state index contributed by atoms with van der Waals surface area (Å²) in [6.45, 7) is 2.13. The van der Waals surface area contributed by atoms with Crippen LogP contribution in [-0.2, 0) is 6.42 Å². The molecule has 0 radical (unpaired) electrons. The van der Waals surface area contributed by atoms with Crippen molar-refractivity contribution in [3.05, 3.63) is 21.7 Å². The molecule has 0 spiro atoms. The number of ether oxygens (including phenoxy) is 2. The molecule has 0 bridgehead atoms. The van der Waals surface area contributed by atoms with Crippen molar-refractivity contribution >= 4 is 22.2 Å². The molecule has 1 aliphatic rings. The Bertz CT molecular complexity index is 484. The lowest BCUT2D eigenvalue weighted by atomic mass is 9.91. The van der Waals surface area contributed by atoms with Gasteiger partial charge >= 0.3 is 0 Å². The zero-order valence-electron chi connectivity index (χ0n) is 11.9. The third kappa shape index (κ3) is 3.15. The molecule has 0 aliphatic carbocycles. The minimum Gasteiger partial charge on any atom is -0.493 e. The minimum absolute atomic E-state index is 0.495. The summed E-state index contributed by atoms with van der Waals surface area (Å²) < 4.78 is 11.6. The van der Waals surface area contributed by atoms with Crippen molar-refractivity contribution in [1.29, 1.82) is 0 Å². The van der Waals surface area contributed by atoms with Crippen molar-refractivity contribution < 1.29 is 14.3 Å². The van der Waals surface area contributed by atoms with Crippen LogP contribution in [0.2, 0.25) is 0 Å². The lowest BCUT2D eigenvalue weighted by Gasteiger charge is -2.24. The summed E-state index contributed by atoms with van der Waals surface area (Å²) in [5, 5.41) is 3.42. The monoisotopic (exact) mass is 341 g/mol. The molecule has 1 aliphatic heterocycles. The van der Waals surface area contributed by atoms with E-state index >= 15 is 0 Å². The molecule has 1 aromatic carbocycles. The van der Waals surface area contributed by atoms with E-state index in [2.05, 4.69) is 21.2 Å². The quantitative estimate of drug-likeness (QED) is 0.836. The average Bonchev–Trinajstić information content (AvgIpc) is 2.47. The van der Waals surface area contributed by atoms with E-state index in [1.165, 1.54) is 12.8 Å². The van der Waals surface area contributed by atoms with Gasteiger partial charge in [-0.2, -0.15) is 0 Å². The average molecular weight is 342 g/mol. The molecular formula is C15H20BrNO3. The highest BCUT2D eigenvalue weighted by molar-refractivity contribution is 9.10. The summed E-state index contributed by atoms with van der Waals surface area (Å²) in [4.78, 5) is 11.2. The second kappa shape index (κ2) is 7.09.